The molecule has 0 saturated heterocycles. The lowest BCUT2D eigenvalue weighted by Crippen LogP contribution is -1.97. The first kappa shape index (κ1) is 25.2. The molecule has 10 heteroatoms. The highest BCUT2D eigenvalue weighted by Gasteiger charge is 2.17. The maximum Gasteiger partial charge on any atom is 0.342 e. The van der Waals surface area contributed by atoms with E-state index in [-0.39, 0.29) is 16.0 Å². The molecule has 0 radical (unpaired) electrons. The Labute approximate surface area is 216 Å². The lowest BCUT2D eigenvalue weighted by Gasteiger charge is -2.08. The number of thioether (sulfide) groups is 1. The summed E-state index contributed by atoms with van der Waals surface area (Å²) in [5, 5.41) is 18.4. The van der Waals surface area contributed by atoms with Crippen molar-refractivity contribution >= 4 is 35.4 Å². The van der Waals surface area contributed by atoms with E-state index in [1.54, 1.807) is 48.5 Å². The molecule has 0 aliphatic heterocycles. The van der Waals surface area contributed by atoms with E-state index in [2.05, 4.69) is 10.2 Å². The van der Waals surface area contributed by atoms with Crippen LogP contribution in [0.2, 0.25) is 5.02 Å². The summed E-state index contributed by atoms with van der Waals surface area (Å²) < 4.78 is 22.0. The Bertz CT molecular complexity index is 1370. The van der Waals surface area contributed by atoms with Crippen LogP contribution in [0.3, 0.4) is 0 Å². The molecule has 0 bridgehead atoms. The average molecular weight is 525 g/mol. The van der Waals surface area contributed by atoms with Crippen LogP contribution in [0.25, 0.3) is 17.5 Å². The number of carboxylic acid groups (broad SMARTS) is 1. The van der Waals surface area contributed by atoms with Crippen molar-refractivity contribution in [2.24, 2.45) is 0 Å². The summed E-state index contributed by atoms with van der Waals surface area (Å²) in [7, 11) is 3.07. The van der Waals surface area contributed by atoms with Crippen molar-refractivity contribution in [3.05, 3.63) is 87.8 Å². The molecule has 3 aromatic carbocycles. The minimum absolute atomic E-state index is 0.0122. The summed E-state index contributed by atoms with van der Waals surface area (Å²) in [6.07, 6.45) is 1.52. The van der Waals surface area contributed by atoms with Gasteiger partial charge in [0, 0.05) is 22.2 Å². The molecule has 0 spiro atoms. The Morgan fingerprint density at radius 3 is 2.33 bits per heavy atom. The monoisotopic (exact) mass is 524 g/mol. The van der Waals surface area contributed by atoms with Gasteiger partial charge in [0.15, 0.2) is 0 Å². The molecule has 0 atom stereocenters. The maximum atomic E-state index is 11.9. The highest BCUT2D eigenvalue weighted by molar-refractivity contribution is 8.03. The predicted octanol–water partition coefficient (Wildman–Crippen LogP) is 6.20. The highest BCUT2D eigenvalue weighted by atomic mass is 35.5. The van der Waals surface area contributed by atoms with E-state index in [9.17, 15) is 9.90 Å². The zero-order valence-electron chi connectivity index (χ0n) is 19.3. The van der Waals surface area contributed by atoms with Gasteiger partial charge in [-0.15, -0.1) is 10.2 Å². The number of hydrogen-bond donors (Lipinski definition) is 1. The molecule has 0 aliphatic carbocycles. The number of aromatic nitrogens is 2. The third kappa shape index (κ3) is 6.38. The van der Waals surface area contributed by atoms with Crippen LogP contribution in [0.15, 0.2) is 81.3 Å². The molecule has 184 valence electrons. The average Bonchev–Trinajstić information content (AvgIpc) is 3.37. The summed E-state index contributed by atoms with van der Waals surface area (Å²) in [6.45, 7) is 0.323. The summed E-state index contributed by atoms with van der Waals surface area (Å²) in [4.78, 5) is 11.9. The Morgan fingerprint density at radius 2 is 1.69 bits per heavy atom. The van der Waals surface area contributed by atoms with Gasteiger partial charge in [0.2, 0.25) is 5.89 Å². The second kappa shape index (κ2) is 11.7. The number of nitrogens with zero attached hydrogens (tertiary/aromatic N) is 2. The fraction of sp³-hybridized carbons (Fsp3) is 0.115. The summed E-state index contributed by atoms with van der Waals surface area (Å²) in [6, 6.07) is 19.6. The van der Waals surface area contributed by atoms with Gasteiger partial charge in [0.05, 0.1) is 14.2 Å². The fourth-order valence-electron chi connectivity index (χ4n) is 3.12. The molecular formula is C26H21ClN2O6S. The number of carbonyl (C=O) groups is 1. The normalized spacial score (nSPS) is 11.2. The number of ether oxygens (including phenoxy) is 3. The minimum atomic E-state index is -1.12. The second-order valence-electron chi connectivity index (χ2n) is 7.34. The molecular weight excluding hydrogens is 504 g/mol. The molecule has 0 fully saturated rings. The first-order valence-corrected chi connectivity index (χ1v) is 11.8. The van der Waals surface area contributed by atoms with Crippen LogP contribution < -0.4 is 14.2 Å². The number of aliphatic carboxylic acids is 1. The van der Waals surface area contributed by atoms with Crippen LogP contribution in [0, 0.1) is 0 Å². The number of methoxy groups -OCH3 is 2. The van der Waals surface area contributed by atoms with Crippen LogP contribution in [0.1, 0.15) is 11.1 Å². The van der Waals surface area contributed by atoms with Crippen LogP contribution in [-0.4, -0.2) is 35.5 Å². The number of carboxylic acids is 1. The van der Waals surface area contributed by atoms with Crippen LogP contribution in [0.5, 0.6) is 17.2 Å². The smallest absolute Gasteiger partial charge is 0.342 e. The summed E-state index contributed by atoms with van der Waals surface area (Å²) in [5.74, 6) is 0.831. The van der Waals surface area contributed by atoms with Gasteiger partial charge in [-0.25, -0.2) is 4.79 Å². The molecule has 1 heterocycles. The number of benzene rings is 3. The van der Waals surface area contributed by atoms with E-state index in [1.807, 2.05) is 18.2 Å². The van der Waals surface area contributed by atoms with Crippen molar-refractivity contribution < 1.29 is 28.5 Å². The third-order valence-corrected chi connectivity index (χ3v) is 6.16. The van der Waals surface area contributed by atoms with Crippen LogP contribution in [0.4, 0.5) is 0 Å². The Morgan fingerprint density at radius 1 is 1.00 bits per heavy atom. The molecule has 0 aliphatic rings. The molecule has 0 amide bonds. The Kier molecular flexibility index (Phi) is 8.14. The highest BCUT2D eigenvalue weighted by Crippen LogP contribution is 2.33. The zero-order chi connectivity index (χ0) is 25.5. The molecule has 4 rings (SSSR count). The lowest BCUT2D eigenvalue weighted by molar-refractivity contribution is -0.131. The van der Waals surface area contributed by atoms with Crippen molar-refractivity contribution in [2.45, 2.75) is 11.8 Å². The predicted molar refractivity (Wildman–Crippen MR) is 137 cm³/mol. The Balaban J connectivity index is 1.46. The molecule has 8 nitrogen and oxygen atoms in total. The zero-order valence-corrected chi connectivity index (χ0v) is 20.9. The second-order valence-corrected chi connectivity index (χ2v) is 8.74. The minimum Gasteiger partial charge on any atom is -0.497 e. The van der Waals surface area contributed by atoms with E-state index in [4.69, 9.17) is 30.2 Å². The third-order valence-electron chi connectivity index (χ3n) is 4.94. The topological polar surface area (TPSA) is 104 Å². The van der Waals surface area contributed by atoms with Gasteiger partial charge >= 0.3 is 5.97 Å². The van der Waals surface area contributed by atoms with Gasteiger partial charge < -0.3 is 23.7 Å². The van der Waals surface area contributed by atoms with Gasteiger partial charge in [-0.3, -0.25) is 0 Å². The number of hydrogen-bond acceptors (Lipinski definition) is 8. The van der Waals surface area contributed by atoms with Gasteiger partial charge in [-0.1, -0.05) is 41.9 Å². The number of rotatable bonds is 10. The van der Waals surface area contributed by atoms with Crippen molar-refractivity contribution in [2.75, 3.05) is 14.2 Å². The Hall–Kier alpha value is -3.95. The number of halogens is 1. The molecule has 0 unspecified atom stereocenters. The largest absolute Gasteiger partial charge is 0.497 e. The standard InChI is InChI=1S/C26H21ClN2O6S/c1-32-20-12-18(13-21(14-20)33-2)24-28-29-26(35-24)36-23(25(30)31)11-16-7-9-19(10-8-16)34-15-17-5-3-4-6-22(17)27/h3-14H,15H2,1-2H3,(H,30,31)/b23-11-. The molecule has 0 saturated carbocycles. The summed E-state index contributed by atoms with van der Waals surface area (Å²) >= 11 is 7.01. The molecule has 1 N–H and O–H groups in total. The van der Waals surface area contributed by atoms with Crippen molar-refractivity contribution in [1.29, 1.82) is 0 Å². The van der Waals surface area contributed by atoms with Gasteiger partial charge in [-0.05, 0) is 53.7 Å². The lowest BCUT2D eigenvalue weighted by atomic mass is 10.2. The SMILES string of the molecule is COc1cc(OC)cc(-c2nnc(S/C(=C\c3ccc(OCc4ccccc4Cl)cc3)C(=O)O)o2)c1. The molecule has 1 aromatic heterocycles. The summed E-state index contributed by atoms with van der Waals surface area (Å²) in [5.41, 5.74) is 2.13. The van der Waals surface area contributed by atoms with E-state index >= 15 is 0 Å². The van der Waals surface area contributed by atoms with Gasteiger partial charge in [-0.2, -0.15) is 0 Å². The van der Waals surface area contributed by atoms with E-state index in [0.717, 1.165) is 17.3 Å². The van der Waals surface area contributed by atoms with Crippen molar-refractivity contribution in [1.82, 2.24) is 10.2 Å². The van der Waals surface area contributed by atoms with Gasteiger partial charge in [0.25, 0.3) is 5.22 Å². The van der Waals surface area contributed by atoms with Gasteiger partial charge in [0.1, 0.15) is 28.8 Å². The molecule has 4 aromatic rings. The van der Waals surface area contributed by atoms with E-state index in [1.165, 1.54) is 20.3 Å². The van der Waals surface area contributed by atoms with Crippen LogP contribution >= 0.6 is 23.4 Å². The fourth-order valence-corrected chi connectivity index (χ4v) is 3.98. The maximum absolute atomic E-state index is 11.9. The first-order chi connectivity index (χ1) is 17.4. The van der Waals surface area contributed by atoms with Crippen molar-refractivity contribution in [3.8, 4) is 28.7 Å². The van der Waals surface area contributed by atoms with E-state index in [0.29, 0.717) is 40.0 Å². The quantitative estimate of drug-likeness (QED) is 0.191. The van der Waals surface area contributed by atoms with Crippen molar-refractivity contribution in [3.63, 3.8) is 0 Å². The molecule has 36 heavy (non-hydrogen) atoms. The van der Waals surface area contributed by atoms with E-state index < -0.39 is 5.97 Å². The first-order valence-electron chi connectivity index (χ1n) is 10.6. The van der Waals surface area contributed by atoms with Crippen LogP contribution in [-0.2, 0) is 11.4 Å².